The maximum absolute atomic E-state index is 11.2. The summed E-state index contributed by atoms with van der Waals surface area (Å²) in [7, 11) is 0. The van der Waals surface area contributed by atoms with E-state index in [4.69, 9.17) is 9.47 Å². The molecular weight excluding hydrogens is 250 g/mol. The van der Waals surface area contributed by atoms with Crippen molar-refractivity contribution in [2.45, 2.75) is 26.0 Å². The number of carbonyl (C=O) groups is 1. The number of hydrogen-bond acceptors (Lipinski definition) is 6. The second kappa shape index (κ2) is 5.83. The molecule has 0 saturated carbocycles. The Labute approximate surface area is 111 Å². The first-order chi connectivity index (χ1) is 9.08. The number of carboxylic acids is 1. The largest absolute Gasteiger partial charge is 0.480 e. The minimum Gasteiger partial charge on any atom is -0.480 e. The average molecular weight is 267 g/mol. The lowest BCUT2D eigenvalue weighted by molar-refractivity contribution is -0.141. The second-order valence-corrected chi connectivity index (χ2v) is 4.48. The zero-order valence-corrected chi connectivity index (χ0v) is 10.9. The zero-order valence-electron chi connectivity index (χ0n) is 10.9. The summed E-state index contributed by atoms with van der Waals surface area (Å²) >= 11 is 0. The smallest absolute Gasteiger partial charge is 0.328 e. The first kappa shape index (κ1) is 13.5. The molecule has 1 aliphatic rings. The molecule has 1 aromatic heterocycles. The summed E-state index contributed by atoms with van der Waals surface area (Å²) in [5.74, 6) is -0.150. The van der Waals surface area contributed by atoms with Gasteiger partial charge in [-0.15, -0.1) is 0 Å². The lowest BCUT2D eigenvalue weighted by Gasteiger charge is -2.32. The van der Waals surface area contributed by atoms with Gasteiger partial charge in [-0.05, 0) is 13.8 Å². The fourth-order valence-corrected chi connectivity index (χ4v) is 1.83. The molecule has 2 rings (SSSR count). The standard InChI is InChI=1S/C12H17N3O4/c1-8(2)19-10-3-4-13-12(14-10)15-5-6-18-7-9(15)11(16)17/h3-4,8-9H,5-7H2,1-2H3,(H,16,17). The molecule has 1 fully saturated rings. The van der Waals surface area contributed by atoms with Crippen molar-refractivity contribution in [3.63, 3.8) is 0 Å². The van der Waals surface area contributed by atoms with Crippen molar-refractivity contribution in [1.82, 2.24) is 9.97 Å². The number of rotatable bonds is 4. The predicted octanol–water partition coefficient (Wildman–Crippen LogP) is 0.554. The number of carboxylic acid groups (broad SMARTS) is 1. The van der Waals surface area contributed by atoms with Crippen LogP contribution in [0.1, 0.15) is 13.8 Å². The van der Waals surface area contributed by atoms with Crippen molar-refractivity contribution < 1.29 is 19.4 Å². The number of morpholine rings is 1. The van der Waals surface area contributed by atoms with Gasteiger partial charge in [-0.3, -0.25) is 0 Å². The van der Waals surface area contributed by atoms with Gasteiger partial charge in [-0.1, -0.05) is 0 Å². The number of hydrogen-bond donors (Lipinski definition) is 1. The van der Waals surface area contributed by atoms with Crippen LogP contribution in [-0.4, -0.2) is 52.9 Å². The number of ether oxygens (including phenoxy) is 2. The summed E-state index contributed by atoms with van der Waals surface area (Å²) in [6, 6.07) is 0.891. The molecule has 0 aliphatic carbocycles. The van der Waals surface area contributed by atoms with E-state index < -0.39 is 12.0 Å². The third-order valence-electron chi connectivity index (χ3n) is 2.64. The van der Waals surface area contributed by atoms with Crippen molar-refractivity contribution in [2.24, 2.45) is 0 Å². The Hall–Kier alpha value is -1.89. The van der Waals surface area contributed by atoms with E-state index in [1.165, 1.54) is 0 Å². The molecular formula is C12H17N3O4. The topological polar surface area (TPSA) is 84.8 Å². The van der Waals surface area contributed by atoms with E-state index in [1.807, 2.05) is 13.8 Å². The minimum atomic E-state index is -0.946. The molecule has 0 amide bonds. The summed E-state index contributed by atoms with van der Waals surface area (Å²) in [6.07, 6.45) is 1.57. The van der Waals surface area contributed by atoms with Crippen LogP contribution in [0.25, 0.3) is 0 Å². The van der Waals surface area contributed by atoms with Crippen molar-refractivity contribution in [1.29, 1.82) is 0 Å². The molecule has 1 atom stereocenters. The van der Waals surface area contributed by atoms with E-state index >= 15 is 0 Å². The molecule has 0 spiro atoms. The number of anilines is 1. The molecule has 104 valence electrons. The van der Waals surface area contributed by atoms with Gasteiger partial charge in [0, 0.05) is 18.8 Å². The predicted molar refractivity (Wildman–Crippen MR) is 67.4 cm³/mol. The van der Waals surface area contributed by atoms with Crippen LogP contribution >= 0.6 is 0 Å². The maximum atomic E-state index is 11.2. The van der Waals surface area contributed by atoms with E-state index in [1.54, 1.807) is 17.2 Å². The minimum absolute atomic E-state index is 0.00251. The SMILES string of the molecule is CC(C)Oc1ccnc(N2CCOCC2C(=O)O)n1. The van der Waals surface area contributed by atoms with Gasteiger partial charge in [0.1, 0.15) is 0 Å². The van der Waals surface area contributed by atoms with Gasteiger partial charge >= 0.3 is 5.97 Å². The van der Waals surface area contributed by atoms with Crippen LogP contribution in [0.2, 0.25) is 0 Å². The number of aromatic nitrogens is 2. The fourth-order valence-electron chi connectivity index (χ4n) is 1.83. The van der Waals surface area contributed by atoms with Gasteiger partial charge in [-0.2, -0.15) is 4.98 Å². The van der Waals surface area contributed by atoms with Crippen molar-refractivity contribution in [3.8, 4) is 5.88 Å². The highest BCUT2D eigenvalue weighted by Crippen LogP contribution is 2.18. The third-order valence-corrected chi connectivity index (χ3v) is 2.64. The van der Waals surface area contributed by atoms with Crippen molar-refractivity contribution in [2.75, 3.05) is 24.7 Å². The molecule has 19 heavy (non-hydrogen) atoms. The summed E-state index contributed by atoms with van der Waals surface area (Å²) in [5, 5.41) is 9.18. The average Bonchev–Trinajstić information content (AvgIpc) is 2.38. The van der Waals surface area contributed by atoms with Gasteiger partial charge < -0.3 is 19.5 Å². The van der Waals surface area contributed by atoms with Gasteiger partial charge in [0.25, 0.3) is 0 Å². The monoisotopic (exact) mass is 267 g/mol. The highest BCUT2D eigenvalue weighted by molar-refractivity contribution is 5.77. The lowest BCUT2D eigenvalue weighted by Crippen LogP contribution is -2.50. The van der Waals surface area contributed by atoms with E-state index in [-0.39, 0.29) is 12.7 Å². The Balaban J connectivity index is 2.21. The molecule has 1 aromatic rings. The molecule has 1 N–H and O–H groups in total. The van der Waals surface area contributed by atoms with Crippen LogP contribution in [-0.2, 0) is 9.53 Å². The van der Waals surface area contributed by atoms with Gasteiger partial charge in [-0.25, -0.2) is 9.78 Å². The Morgan fingerprint density at radius 3 is 3.11 bits per heavy atom. The molecule has 0 bridgehead atoms. The third kappa shape index (κ3) is 3.31. The van der Waals surface area contributed by atoms with Crippen LogP contribution in [0.15, 0.2) is 12.3 Å². The Kier molecular flexibility index (Phi) is 4.16. The quantitative estimate of drug-likeness (QED) is 0.852. The molecule has 1 saturated heterocycles. The summed E-state index contributed by atoms with van der Waals surface area (Å²) in [6.45, 7) is 4.84. The highest BCUT2D eigenvalue weighted by Gasteiger charge is 2.31. The molecule has 0 radical (unpaired) electrons. The maximum Gasteiger partial charge on any atom is 0.328 e. The first-order valence-electron chi connectivity index (χ1n) is 6.15. The van der Waals surface area contributed by atoms with E-state index in [2.05, 4.69) is 9.97 Å². The van der Waals surface area contributed by atoms with E-state index in [0.29, 0.717) is 25.0 Å². The summed E-state index contributed by atoms with van der Waals surface area (Å²) in [4.78, 5) is 21.2. The lowest BCUT2D eigenvalue weighted by atomic mass is 10.2. The van der Waals surface area contributed by atoms with Gasteiger partial charge in [0.2, 0.25) is 11.8 Å². The van der Waals surface area contributed by atoms with E-state index in [0.717, 1.165) is 0 Å². The normalized spacial score (nSPS) is 19.5. The van der Waals surface area contributed by atoms with E-state index in [9.17, 15) is 9.90 Å². The number of nitrogens with zero attached hydrogens (tertiary/aromatic N) is 3. The molecule has 2 heterocycles. The summed E-state index contributed by atoms with van der Waals surface area (Å²) in [5.41, 5.74) is 0. The van der Waals surface area contributed by atoms with Crippen LogP contribution in [0.4, 0.5) is 5.95 Å². The molecule has 0 aromatic carbocycles. The first-order valence-corrected chi connectivity index (χ1v) is 6.15. The van der Waals surface area contributed by atoms with Crippen LogP contribution in [0.3, 0.4) is 0 Å². The number of aliphatic carboxylic acids is 1. The Morgan fingerprint density at radius 1 is 1.63 bits per heavy atom. The highest BCUT2D eigenvalue weighted by atomic mass is 16.5. The molecule has 7 nitrogen and oxygen atoms in total. The fraction of sp³-hybridized carbons (Fsp3) is 0.583. The Bertz CT molecular complexity index is 452. The van der Waals surface area contributed by atoms with Gasteiger partial charge in [0.15, 0.2) is 6.04 Å². The molecule has 1 unspecified atom stereocenters. The van der Waals surface area contributed by atoms with Crippen LogP contribution < -0.4 is 9.64 Å². The van der Waals surface area contributed by atoms with Crippen LogP contribution in [0, 0.1) is 0 Å². The van der Waals surface area contributed by atoms with Crippen LogP contribution in [0.5, 0.6) is 5.88 Å². The zero-order chi connectivity index (χ0) is 13.8. The van der Waals surface area contributed by atoms with Gasteiger partial charge in [0.05, 0.1) is 19.3 Å². The van der Waals surface area contributed by atoms with Crippen molar-refractivity contribution in [3.05, 3.63) is 12.3 Å². The Morgan fingerprint density at radius 2 is 2.42 bits per heavy atom. The second-order valence-electron chi connectivity index (χ2n) is 4.48. The van der Waals surface area contributed by atoms with Crippen molar-refractivity contribution >= 4 is 11.9 Å². The molecule has 1 aliphatic heterocycles. The molecule has 7 heteroatoms. The summed E-state index contributed by atoms with van der Waals surface area (Å²) < 4.78 is 10.7.